The van der Waals surface area contributed by atoms with E-state index in [-0.39, 0.29) is 11.7 Å². The van der Waals surface area contributed by atoms with Crippen molar-refractivity contribution in [2.75, 3.05) is 18.4 Å². The second-order valence-corrected chi connectivity index (χ2v) is 4.15. The van der Waals surface area contributed by atoms with E-state index in [9.17, 15) is 9.18 Å². The predicted octanol–water partition coefficient (Wildman–Crippen LogP) is 1.01. The molecule has 1 aromatic rings. The van der Waals surface area contributed by atoms with Gasteiger partial charge in [-0.25, -0.2) is 4.39 Å². The summed E-state index contributed by atoms with van der Waals surface area (Å²) in [6.45, 7) is 1.42. The molecule has 1 aromatic carbocycles. The topological polar surface area (TPSA) is 41.1 Å². The summed E-state index contributed by atoms with van der Waals surface area (Å²) in [6, 6.07) is 4.48. The molecule has 0 bridgehead atoms. The Morgan fingerprint density at radius 2 is 2.27 bits per heavy atom. The van der Waals surface area contributed by atoms with Crippen molar-refractivity contribution in [1.82, 2.24) is 5.32 Å². The summed E-state index contributed by atoms with van der Waals surface area (Å²) in [5, 5.41) is 5.97. The summed E-state index contributed by atoms with van der Waals surface area (Å²) in [4.78, 5) is 11.9. The Morgan fingerprint density at radius 1 is 1.40 bits per heavy atom. The quantitative estimate of drug-likeness (QED) is 0.665. The van der Waals surface area contributed by atoms with Crippen LogP contribution < -0.4 is 10.6 Å². The minimum absolute atomic E-state index is 0.00639. The zero-order valence-electron chi connectivity index (χ0n) is 8.14. The molecule has 4 heteroatoms. The van der Waals surface area contributed by atoms with Crippen LogP contribution in [0.1, 0.15) is 12.0 Å². The van der Waals surface area contributed by atoms with Gasteiger partial charge in [-0.3, -0.25) is 4.79 Å². The molecule has 1 amide bonds. The largest absolute Gasteiger partial charge is 0.325 e. The Morgan fingerprint density at radius 3 is 3.00 bits per heavy atom. The number of fused-ring (bicyclic) bond motifs is 2. The van der Waals surface area contributed by atoms with Gasteiger partial charge >= 0.3 is 0 Å². The van der Waals surface area contributed by atoms with E-state index in [1.165, 1.54) is 12.1 Å². The highest BCUT2D eigenvalue weighted by atomic mass is 19.1. The third-order valence-electron chi connectivity index (χ3n) is 3.34. The van der Waals surface area contributed by atoms with Crippen LogP contribution in [0.3, 0.4) is 0 Å². The zero-order chi connectivity index (χ0) is 10.5. The number of carbonyl (C=O) groups excluding carboxylic acids is 1. The minimum Gasteiger partial charge on any atom is -0.325 e. The van der Waals surface area contributed by atoms with Gasteiger partial charge in [0.1, 0.15) is 5.82 Å². The van der Waals surface area contributed by atoms with E-state index in [4.69, 9.17) is 0 Å². The van der Waals surface area contributed by atoms with E-state index >= 15 is 0 Å². The molecule has 2 aliphatic heterocycles. The first-order valence-corrected chi connectivity index (χ1v) is 5.05. The van der Waals surface area contributed by atoms with Crippen molar-refractivity contribution in [3.8, 4) is 0 Å². The Hall–Kier alpha value is -1.42. The molecular weight excluding hydrogens is 195 g/mol. The van der Waals surface area contributed by atoms with Crippen LogP contribution in [0.2, 0.25) is 0 Å². The molecule has 0 aromatic heterocycles. The molecule has 1 saturated heterocycles. The van der Waals surface area contributed by atoms with E-state index in [0.29, 0.717) is 6.54 Å². The minimum atomic E-state index is -0.530. The van der Waals surface area contributed by atoms with Crippen molar-refractivity contribution in [3.05, 3.63) is 29.6 Å². The fourth-order valence-corrected chi connectivity index (χ4v) is 2.50. The first kappa shape index (κ1) is 8.85. The summed E-state index contributed by atoms with van der Waals surface area (Å²) in [5.74, 6) is -0.287. The maximum absolute atomic E-state index is 13.2. The number of amides is 1. The molecule has 1 fully saturated rings. The maximum atomic E-state index is 13.2. The Balaban J connectivity index is 2.19. The molecule has 15 heavy (non-hydrogen) atoms. The van der Waals surface area contributed by atoms with Crippen LogP contribution in [0.15, 0.2) is 18.2 Å². The average Bonchev–Trinajstić information content (AvgIpc) is 2.78. The first-order valence-electron chi connectivity index (χ1n) is 5.05. The van der Waals surface area contributed by atoms with E-state index in [1.54, 1.807) is 6.07 Å². The highest BCUT2D eigenvalue weighted by molar-refractivity contribution is 6.06. The molecule has 2 aliphatic rings. The van der Waals surface area contributed by atoms with Crippen LogP contribution in [0.25, 0.3) is 0 Å². The summed E-state index contributed by atoms with van der Waals surface area (Å²) in [6.07, 6.45) is 0.745. The molecule has 1 spiro atoms. The first-order chi connectivity index (χ1) is 7.22. The van der Waals surface area contributed by atoms with E-state index in [2.05, 4.69) is 10.6 Å². The Labute approximate surface area is 86.7 Å². The zero-order valence-corrected chi connectivity index (χ0v) is 8.14. The number of carbonyl (C=O) groups is 1. The van der Waals surface area contributed by atoms with Gasteiger partial charge in [-0.15, -0.1) is 0 Å². The Bertz CT molecular complexity index is 438. The van der Waals surface area contributed by atoms with Gasteiger partial charge in [0.25, 0.3) is 0 Å². The van der Waals surface area contributed by atoms with Gasteiger partial charge < -0.3 is 10.6 Å². The highest BCUT2D eigenvalue weighted by Gasteiger charge is 2.48. The molecule has 0 unspecified atom stereocenters. The van der Waals surface area contributed by atoms with Crippen LogP contribution in [0.5, 0.6) is 0 Å². The molecule has 1 atom stereocenters. The predicted molar refractivity (Wildman–Crippen MR) is 54.2 cm³/mol. The highest BCUT2D eigenvalue weighted by Crippen LogP contribution is 2.41. The smallest absolute Gasteiger partial charge is 0.236 e. The van der Waals surface area contributed by atoms with E-state index < -0.39 is 5.41 Å². The summed E-state index contributed by atoms with van der Waals surface area (Å²) < 4.78 is 13.2. The molecule has 3 rings (SSSR count). The lowest BCUT2D eigenvalue weighted by Crippen LogP contribution is -2.36. The van der Waals surface area contributed by atoms with Gasteiger partial charge in [-0.2, -0.15) is 0 Å². The lowest BCUT2D eigenvalue weighted by Gasteiger charge is -2.19. The number of rotatable bonds is 0. The Kier molecular flexibility index (Phi) is 1.65. The van der Waals surface area contributed by atoms with Crippen molar-refractivity contribution >= 4 is 11.6 Å². The average molecular weight is 206 g/mol. The fraction of sp³-hybridized carbons (Fsp3) is 0.364. The summed E-state index contributed by atoms with van der Waals surface area (Å²) in [5.41, 5.74) is 1.03. The van der Waals surface area contributed by atoms with Crippen LogP contribution in [-0.4, -0.2) is 19.0 Å². The molecule has 0 saturated carbocycles. The molecule has 3 nitrogen and oxygen atoms in total. The second-order valence-electron chi connectivity index (χ2n) is 4.15. The molecule has 78 valence electrons. The lowest BCUT2D eigenvalue weighted by atomic mass is 9.81. The van der Waals surface area contributed by atoms with Crippen LogP contribution >= 0.6 is 0 Å². The molecule has 2 N–H and O–H groups in total. The summed E-state index contributed by atoms with van der Waals surface area (Å²) >= 11 is 0. The molecular formula is C11H11FN2O. The number of anilines is 1. The van der Waals surface area contributed by atoms with Gasteiger partial charge in [-0.05, 0) is 36.7 Å². The van der Waals surface area contributed by atoms with Gasteiger partial charge in [0.15, 0.2) is 0 Å². The van der Waals surface area contributed by atoms with Crippen LogP contribution in [-0.2, 0) is 10.2 Å². The van der Waals surface area contributed by atoms with Crippen molar-refractivity contribution in [3.63, 3.8) is 0 Å². The van der Waals surface area contributed by atoms with Crippen molar-refractivity contribution in [1.29, 1.82) is 0 Å². The van der Waals surface area contributed by atoms with Gasteiger partial charge in [-0.1, -0.05) is 0 Å². The van der Waals surface area contributed by atoms with Gasteiger partial charge in [0, 0.05) is 12.2 Å². The van der Waals surface area contributed by atoms with Gasteiger partial charge in [0.2, 0.25) is 5.91 Å². The van der Waals surface area contributed by atoms with Gasteiger partial charge in [0.05, 0.1) is 5.41 Å². The SMILES string of the molecule is O=C1Nc2ccc(F)cc2[C@]12CCNC2. The lowest BCUT2D eigenvalue weighted by molar-refractivity contribution is -0.120. The standard InChI is InChI=1S/C11H11FN2O/c12-7-1-2-9-8(5-7)11(10(15)14-9)3-4-13-6-11/h1-2,5,13H,3-4,6H2,(H,14,15)/t11-/m1/s1. The van der Waals surface area contributed by atoms with Crippen molar-refractivity contribution in [2.24, 2.45) is 0 Å². The number of halogens is 1. The van der Waals surface area contributed by atoms with Crippen molar-refractivity contribution < 1.29 is 9.18 Å². The molecule has 0 aliphatic carbocycles. The number of hydrogen-bond acceptors (Lipinski definition) is 2. The molecule has 0 radical (unpaired) electrons. The van der Waals surface area contributed by atoms with Crippen molar-refractivity contribution in [2.45, 2.75) is 11.8 Å². The maximum Gasteiger partial charge on any atom is 0.236 e. The summed E-state index contributed by atoms with van der Waals surface area (Å²) in [7, 11) is 0. The van der Waals surface area contributed by atoms with Crippen LogP contribution in [0, 0.1) is 5.82 Å². The van der Waals surface area contributed by atoms with E-state index in [1.807, 2.05) is 0 Å². The second kappa shape index (κ2) is 2.79. The number of benzene rings is 1. The normalized spacial score (nSPS) is 28.2. The number of hydrogen-bond donors (Lipinski definition) is 2. The monoisotopic (exact) mass is 206 g/mol. The molecule has 2 heterocycles. The number of nitrogens with one attached hydrogen (secondary N) is 2. The van der Waals surface area contributed by atoms with Crippen LogP contribution in [0.4, 0.5) is 10.1 Å². The van der Waals surface area contributed by atoms with E-state index in [0.717, 1.165) is 24.2 Å². The third kappa shape index (κ3) is 1.05. The fourth-order valence-electron chi connectivity index (χ4n) is 2.50. The third-order valence-corrected chi connectivity index (χ3v) is 3.34.